The van der Waals surface area contributed by atoms with Crippen molar-refractivity contribution in [3.8, 4) is 0 Å². The van der Waals surface area contributed by atoms with Crippen molar-refractivity contribution in [1.82, 2.24) is 9.62 Å². The van der Waals surface area contributed by atoms with Gasteiger partial charge in [0.05, 0.1) is 16.6 Å². The van der Waals surface area contributed by atoms with E-state index in [4.69, 9.17) is 5.11 Å². The maximum atomic E-state index is 13.4. The number of nitrogens with zero attached hydrogens (tertiary/aromatic N) is 1. The lowest BCUT2D eigenvalue weighted by Gasteiger charge is -2.29. The van der Waals surface area contributed by atoms with E-state index in [0.29, 0.717) is 18.9 Å². The SMILES string of the molecule is CN(C[C@H](O)CNC(C)(C)CCCc1ccc(F)s1)S(=O)(=O)c1cc(CCC(=O)O)cc(C(F)(F)F)c1. The third-order valence-corrected chi connectivity index (χ3v) is 8.50. The first-order valence-corrected chi connectivity index (χ1v) is 13.8. The zero-order valence-electron chi connectivity index (χ0n) is 20.8. The van der Waals surface area contributed by atoms with Gasteiger partial charge in [-0.05, 0) is 75.4 Å². The second kappa shape index (κ2) is 12.7. The van der Waals surface area contributed by atoms with Crippen molar-refractivity contribution >= 4 is 27.3 Å². The Morgan fingerprint density at radius 1 is 1.16 bits per heavy atom. The number of β-amino-alcohol motifs (C(OH)–C–C–N with tert-alkyl or cyclic N) is 1. The van der Waals surface area contributed by atoms with E-state index < -0.39 is 50.7 Å². The number of carboxylic acids is 1. The highest BCUT2D eigenvalue weighted by atomic mass is 32.2. The van der Waals surface area contributed by atoms with E-state index in [1.54, 1.807) is 6.07 Å². The van der Waals surface area contributed by atoms with E-state index in [1.165, 1.54) is 6.07 Å². The van der Waals surface area contributed by atoms with Gasteiger partial charge in [-0.2, -0.15) is 21.9 Å². The molecule has 0 bridgehead atoms. The maximum Gasteiger partial charge on any atom is 0.416 e. The van der Waals surface area contributed by atoms with Crippen LogP contribution < -0.4 is 5.32 Å². The second-order valence-electron chi connectivity index (χ2n) is 9.52. The number of carbonyl (C=O) groups is 1. The molecule has 0 amide bonds. The normalized spacial score (nSPS) is 13.8. The molecule has 0 aliphatic heterocycles. The monoisotopic (exact) mass is 568 g/mol. The molecule has 0 spiro atoms. The maximum absolute atomic E-state index is 13.4. The molecule has 0 unspecified atom stereocenters. The molecule has 3 N–H and O–H groups in total. The Labute approximate surface area is 218 Å². The zero-order valence-corrected chi connectivity index (χ0v) is 22.4. The topological polar surface area (TPSA) is 107 Å². The van der Waals surface area contributed by atoms with Crippen molar-refractivity contribution < 1.29 is 41.0 Å². The van der Waals surface area contributed by atoms with Crippen LogP contribution in [0.4, 0.5) is 17.6 Å². The Morgan fingerprint density at radius 3 is 2.41 bits per heavy atom. The fraction of sp³-hybridized carbons (Fsp3) is 0.542. The molecule has 0 saturated carbocycles. The molecule has 1 aromatic carbocycles. The van der Waals surface area contributed by atoms with E-state index in [0.717, 1.165) is 46.1 Å². The van der Waals surface area contributed by atoms with Crippen molar-refractivity contribution in [3.63, 3.8) is 0 Å². The van der Waals surface area contributed by atoms with Crippen LogP contribution in [0.2, 0.25) is 0 Å². The summed E-state index contributed by atoms with van der Waals surface area (Å²) >= 11 is 1.09. The number of nitrogens with one attached hydrogen (secondary N) is 1. The number of aliphatic hydroxyl groups excluding tert-OH is 1. The lowest BCUT2D eigenvalue weighted by Crippen LogP contribution is -2.46. The van der Waals surface area contributed by atoms with Gasteiger partial charge in [-0.3, -0.25) is 4.79 Å². The number of halogens is 4. The number of likely N-dealkylation sites (N-methyl/N-ethyl adjacent to an activating group) is 1. The minimum Gasteiger partial charge on any atom is -0.481 e. The number of alkyl halides is 3. The number of hydrogen-bond donors (Lipinski definition) is 3. The number of aliphatic hydroxyl groups is 1. The summed E-state index contributed by atoms with van der Waals surface area (Å²) in [6.45, 7) is 3.49. The van der Waals surface area contributed by atoms with Gasteiger partial charge >= 0.3 is 12.1 Å². The summed E-state index contributed by atoms with van der Waals surface area (Å²) in [5, 5.41) is 22.2. The van der Waals surface area contributed by atoms with E-state index in [1.807, 2.05) is 13.8 Å². The van der Waals surface area contributed by atoms with Crippen LogP contribution in [-0.4, -0.2) is 60.7 Å². The van der Waals surface area contributed by atoms with Crippen molar-refractivity contribution in [2.24, 2.45) is 0 Å². The molecule has 0 saturated heterocycles. The van der Waals surface area contributed by atoms with Gasteiger partial charge in [-0.25, -0.2) is 8.42 Å². The Hall–Kier alpha value is -2.06. The predicted molar refractivity (Wildman–Crippen MR) is 133 cm³/mol. The van der Waals surface area contributed by atoms with Crippen molar-refractivity contribution in [2.75, 3.05) is 20.1 Å². The van der Waals surface area contributed by atoms with Gasteiger partial charge in [-0.15, -0.1) is 11.3 Å². The molecule has 2 aromatic rings. The molecule has 208 valence electrons. The first-order chi connectivity index (χ1) is 17.0. The van der Waals surface area contributed by atoms with E-state index >= 15 is 0 Å². The van der Waals surface area contributed by atoms with Crippen LogP contribution >= 0.6 is 11.3 Å². The van der Waals surface area contributed by atoms with Gasteiger partial charge in [0.1, 0.15) is 0 Å². The highest BCUT2D eigenvalue weighted by molar-refractivity contribution is 7.89. The number of carboxylic acid groups (broad SMARTS) is 1. The largest absolute Gasteiger partial charge is 0.481 e. The third kappa shape index (κ3) is 9.97. The molecular formula is C24H32F4N2O5S2. The number of thiophene rings is 1. The van der Waals surface area contributed by atoms with Gasteiger partial charge in [0, 0.05) is 37.0 Å². The smallest absolute Gasteiger partial charge is 0.416 e. The highest BCUT2D eigenvalue weighted by Crippen LogP contribution is 2.32. The first kappa shape index (κ1) is 31.2. The summed E-state index contributed by atoms with van der Waals surface area (Å²) in [7, 11) is -3.25. The Morgan fingerprint density at radius 2 is 1.84 bits per heavy atom. The van der Waals surface area contributed by atoms with Crippen LogP contribution in [0.1, 0.15) is 49.1 Å². The van der Waals surface area contributed by atoms with Crippen LogP contribution in [0, 0.1) is 5.13 Å². The molecule has 1 heterocycles. The summed E-state index contributed by atoms with van der Waals surface area (Å²) in [6, 6.07) is 5.42. The van der Waals surface area contributed by atoms with Crippen molar-refractivity contribution in [1.29, 1.82) is 0 Å². The van der Waals surface area contributed by atoms with Gasteiger partial charge in [0.15, 0.2) is 5.13 Å². The quantitative estimate of drug-likeness (QED) is 0.294. The van der Waals surface area contributed by atoms with Gasteiger partial charge in [-0.1, -0.05) is 0 Å². The van der Waals surface area contributed by atoms with E-state index in [-0.39, 0.29) is 30.2 Å². The lowest BCUT2D eigenvalue weighted by molar-refractivity contribution is -0.138. The van der Waals surface area contributed by atoms with Crippen LogP contribution in [0.5, 0.6) is 0 Å². The predicted octanol–water partition coefficient (Wildman–Crippen LogP) is 4.30. The first-order valence-electron chi connectivity index (χ1n) is 11.6. The molecule has 1 aromatic heterocycles. The molecule has 7 nitrogen and oxygen atoms in total. The van der Waals surface area contributed by atoms with Crippen LogP contribution in [0.15, 0.2) is 35.2 Å². The summed E-state index contributed by atoms with van der Waals surface area (Å²) in [5.41, 5.74) is -1.68. The van der Waals surface area contributed by atoms with Crippen molar-refractivity contribution in [3.05, 3.63) is 51.5 Å². The van der Waals surface area contributed by atoms with Crippen molar-refractivity contribution in [2.45, 2.75) is 68.7 Å². The van der Waals surface area contributed by atoms with Crippen LogP contribution in [0.25, 0.3) is 0 Å². The molecule has 1 atom stereocenters. The standard InChI is InChI=1S/C24H32F4N2O5S2/c1-23(2,10-4-5-19-7-8-21(25)36-19)29-14-18(31)15-30(3)37(34,35)20-12-16(6-9-22(32)33)11-17(13-20)24(26,27)28/h7-8,11-13,18,29,31H,4-6,9-10,14-15H2,1-3H3,(H,32,33)/t18-/m1/s1. The number of rotatable bonds is 14. The van der Waals surface area contributed by atoms with E-state index in [9.17, 15) is 35.9 Å². The number of hydrogen-bond acceptors (Lipinski definition) is 6. The minimum absolute atomic E-state index is 0.0347. The summed E-state index contributed by atoms with van der Waals surface area (Å²) < 4.78 is 79.9. The zero-order chi connectivity index (χ0) is 28.0. The van der Waals surface area contributed by atoms with Crippen LogP contribution in [0.3, 0.4) is 0 Å². The summed E-state index contributed by atoms with van der Waals surface area (Å²) in [4.78, 5) is 11.1. The number of aliphatic carboxylic acids is 1. The molecule has 0 radical (unpaired) electrons. The molecule has 0 fully saturated rings. The molecule has 2 rings (SSSR count). The highest BCUT2D eigenvalue weighted by Gasteiger charge is 2.34. The van der Waals surface area contributed by atoms with Gasteiger partial charge in [0.2, 0.25) is 10.0 Å². The molecule has 0 aliphatic rings. The number of benzene rings is 1. The van der Waals surface area contributed by atoms with E-state index in [2.05, 4.69) is 5.32 Å². The summed E-state index contributed by atoms with van der Waals surface area (Å²) in [5.74, 6) is -1.22. The minimum atomic E-state index is -4.82. The average molecular weight is 569 g/mol. The lowest BCUT2D eigenvalue weighted by atomic mass is 9.96. The van der Waals surface area contributed by atoms with Gasteiger partial charge < -0.3 is 15.5 Å². The fourth-order valence-electron chi connectivity index (χ4n) is 3.68. The number of aryl methyl sites for hydroxylation is 2. The molecule has 0 aliphatic carbocycles. The number of sulfonamides is 1. The summed E-state index contributed by atoms with van der Waals surface area (Å²) in [6.07, 6.45) is -4.53. The Kier molecular flexibility index (Phi) is 10.7. The molecule has 37 heavy (non-hydrogen) atoms. The average Bonchev–Trinajstić information content (AvgIpc) is 3.20. The fourth-order valence-corrected chi connectivity index (χ4v) is 5.75. The third-order valence-electron chi connectivity index (χ3n) is 5.77. The second-order valence-corrected chi connectivity index (χ2v) is 12.7. The Bertz CT molecular complexity index is 1170. The molecular weight excluding hydrogens is 536 g/mol. The Balaban J connectivity index is 2.01. The molecule has 13 heteroatoms. The van der Waals surface area contributed by atoms with Crippen LogP contribution in [-0.2, 0) is 33.8 Å². The van der Waals surface area contributed by atoms with Gasteiger partial charge in [0.25, 0.3) is 0 Å².